The first kappa shape index (κ1) is 44.1. The van der Waals surface area contributed by atoms with Crippen LogP contribution in [0.4, 0.5) is 4.39 Å². The minimum Gasteiger partial charge on any atom is -0.493 e. The van der Waals surface area contributed by atoms with Crippen molar-refractivity contribution >= 4 is 30.7 Å². The number of methoxy groups -OCH3 is 2. The lowest BCUT2D eigenvalue weighted by atomic mass is 9.68. The summed E-state index contributed by atoms with van der Waals surface area (Å²) in [6.07, 6.45) is 10.6. The lowest BCUT2D eigenvalue weighted by Gasteiger charge is -2.45. The van der Waals surface area contributed by atoms with Gasteiger partial charge in [0, 0.05) is 31.0 Å². The van der Waals surface area contributed by atoms with Crippen LogP contribution in [-0.2, 0) is 23.1 Å². The molecule has 4 aromatic rings. The second-order valence-corrected chi connectivity index (χ2v) is 15.2. The Labute approximate surface area is 340 Å². The van der Waals surface area contributed by atoms with E-state index in [0.29, 0.717) is 37.3 Å². The summed E-state index contributed by atoms with van der Waals surface area (Å²) in [4.78, 5) is 15.6. The average molecular weight is 793 g/mol. The third kappa shape index (κ3) is 11.0. The zero-order chi connectivity index (χ0) is 37.0. The molecule has 1 atom stereocenters. The maximum absolute atomic E-state index is 13.3. The SMILES string of the molecule is COc1cc2c(cc1OC)C(C1CCC(CN)CC1)N(CCCC(CCCNC(=O)CCc1ccc(F)cc1)(c1ccccc1)c1ccccc1)CC2.Cl.Cl. The summed E-state index contributed by atoms with van der Waals surface area (Å²) in [5.74, 6) is 2.60. The van der Waals surface area contributed by atoms with E-state index >= 15 is 0 Å². The van der Waals surface area contributed by atoms with Crippen molar-refractivity contribution in [3.63, 3.8) is 0 Å². The number of fused-ring (bicyclic) bond motifs is 1. The number of nitrogens with two attached hydrogens (primary N) is 1. The molecular weight excluding hydrogens is 732 g/mol. The summed E-state index contributed by atoms with van der Waals surface area (Å²) in [6, 6.07) is 33.1. The molecule has 1 heterocycles. The maximum atomic E-state index is 13.3. The number of amides is 1. The molecule has 2 aliphatic rings. The van der Waals surface area contributed by atoms with Crippen molar-refractivity contribution in [2.75, 3.05) is 40.4 Å². The number of ether oxygens (including phenoxy) is 2. The molecule has 6 rings (SSSR count). The van der Waals surface area contributed by atoms with Crippen LogP contribution in [0.25, 0.3) is 0 Å². The lowest BCUT2D eigenvalue weighted by molar-refractivity contribution is -0.121. The smallest absolute Gasteiger partial charge is 0.220 e. The Kier molecular flexibility index (Phi) is 17.3. The van der Waals surface area contributed by atoms with E-state index in [-0.39, 0.29) is 42.0 Å². The Morgan fingerprint density at radius 1 is 0.836 bits per heavy atom. The molecule has 298 valence electrons. The number of halogens is 3. The molecule has 0 spiro atoms. The summed E-state index contributed by atoms with van der Waals surface area (Å²) >= 11 is 0. The van der Waals surface area contributed by atoms with Gasteiger partial charge in [0.15, 0.2) is 11.5 Å². The van der Waals surface area contributed by atoms with E-state index in [4.69, 9.17) is 15.2 Å². The van der Waals surface area contributed by atoms with Crippen LogP contribution in [0.5, 0.6) is 11.5 Å². The molecule has 55 heavy (non-hydrogen) atoms. The molecule has 0 saturated heterocycles. The van der Waals surface area contributed by atoms with Gasteiger partial charge < -0.3 is 20.5 Å². The Bertz CT molecular complexity index is 1700. The van der Waals surface area contributed by atoms with Gasteiger partial charge >= 0.3 is 0 Å². The molecule has 1 aliphatic carbocycles. The van der Waals surface area contributed by atoms with Crippen LogP contribution in [0.1, 0.15) is 91.6 Å². The van der Waals surface area contributed by atoms with Gasteiger partial charge in [-0.25, -0.2) is 4.39 Å². The molecule has 0 radical (unpaired) electrons. The van der Waals surface area contributed by atoms with Crippen molar-refractivity contribution < 1.29 is 18.7 Å². The average Bonchev–Trinajstić information content (AvgIpc) is 3.21. The zero-order valence-corrected chi connectivity index (χ0v) is 34.2. The molecule has 3 N–H and O–H groups in total. The molecule has 1 amide bonds. The fourth-order valence-corrected chi connectivity index (χ4v) is 9.15. The Morgan fingerprint density at radius 3 is 2.04 bits per heavy atom. The standard InChI is InChI=1S/C46H58FN3O3.2ClH/c1-52-42-31-37-25-30-50(45(41(37)32-43(42)53-2)36-20-15-35(33-48)16-21-36)29-10-27-46(38-11-5-3-6-12-38,39-13-7-4-8-14-39)26-9-28-49-44(51)24-19-34-17-22-40(47)23-18-34;;/h3-8,11-14,17-18,22-23,31-32,35-36,45H,9-10,15-16,19-21,24-30,33,48H2,1-2H3,(H,49,51);2*1H. The van der Waals surface area contributed by atoms with Crippen LogP contribution >= 0.6 is 24.8 Å². The zero-order valence-electron chi connectivity index (χ0n) is 32.5. The molecule has 1 aliphatic heterocycles. The van der Waals surface area contributed by atoms with Crippen LogP contribution in [0.15, 0.2) is 97.1 Å². The van der Waals surface area contributed by atoms with Crippen molar-refractivity contribution in [2.45, 2.75) is 82.1 Å². The van der Waals surface area contributed by atoms with Crippen molar-refractivity contribution in [3.8, 4) is 11.5 Å². The molecule has 0 bridgehead atoms. The number of benzene rings is 4. The van der Waals surface area contributed by atoms with Gasteiger partial charge in [-0.3, -0.25) is 9.69 Å². The van der Waals surface area contributed by atoms with Crippen LogP contribution in [0.2, 0.25) is 0 Å². The van der Waals surface area contributed by atoms with Crippen LogP contribution in [0.3, 0.4) is 0 Å². The molecule has 6 nitrogen and oxygen atoms in total. The van der Waals surface area contributed by atoms with Gasteiger partial charge in [-0.15, -0.1) is 24.8 Å². The molecule has 1 saturated carbocycles. The van der Waals surface area contributed by atoms with Crippen LogP contribution in [0, 0.1) is 17.7 Å². The number of hydrogen-bond donors (Lipinski definition) is 2. The lowest BCUT2D eigenvalue weighted by Crippen LogP contribution is -2.42. The molecule has 1 fully saturated rings. The third-order valence-electron chi connectivity index (χ3n) is 12.1. The highest BCUT2D eigenvalue weighted by molar-refractivity contribution is 5.85. The number of nitrogens with zero attached hydrogens (tertiary/aromatic N) is 1. The van der Waals surface area contributed by atoms with Crippen molar-refractivity contribution in [1.82, 2.24) is 10.2 Å². The van der Waals surface area contributed by atoms with Crippen LogP contribution in [-0.4, -0.2) is 51.2 Å². The summed E-state index contributed by atoms with van der Waals surface area (Å²) < 4.78 is 24.9. The number of rotatable bonds is 17. The Hall–Kier alpha value is -3.62. The molecule has 4 aromatic carbocycles. The van der Waals surface area contributed by atoms with E-state index in [2.05, 4.69) is 83.0 Å². The first-order valence-corrected chi connectivity index (χ1v) is 19.7. The number of nitrogens with one attached hydrogen (secondary N) is 1. The van der Waals surface area contributed by atoms with E-state index in [0.717, 1.165) is 68.8 Å². The Balaban J connectivity index is 0.00000336. The highest BCUT2D eigenvalue weighted by Crippen LogP contribution is 2.47. The Morgan fingerprint density at radius 2 is 1.44 bits per heavy atom. The third-order valence-corrected chi connectivity index (χ3v) is 12.1. The van der Waals surface area contributed by atoms with Gasteiger partial charge in [-0.1, -0.05) is 72.8 Å². The normalized spacial score (nSPS) is 18.3. The van der Waals surface area contributed by atoms with E-state index < -0.39 is 0 Å². The van der Waals surface area contributed by atoms with Gasteiger partial charge in [0.25, 0.3) is 0 Å². The minimum atomic E-state index is -0.258. The van der Waals surface area contributed by atoms with Gasteiger partial charge in [-0.05, 0) is 141 Å². The number of carbonyl (C=O) groups excluding carboxylic acids is 1. The van der Waals surface area contributed by atoms with Gasteiger partial charge in [0.1, 0.15) is 5.82 Å². The van der Waals surface area contributed by atoms with Crippen molar-refractivity contribution in [2.24, 2.45) is 17.6 Å². The summed E-state index contributed by atoms with van der Waals surface area (Å²) in [7, 11) is 3.46. The summed E-state index contributed by atoms with van der Waals surface area (Å²) in [5, 5.41) is 3.18. The predicted octanol–water partition coefficient (Wildman–Crippen LogP) is 9.65. The molecule has 1 unspecified atom stereocenters. The number of aryl methyl sites for hydroxylation is 1. The van der Waals surface area contributed by atoms with Gasteiger partial charge in [0.2, 0.25) is 5.91 Å². The number of hydrogen-bond acceptors (Lipinski definition) is 5. The van der Waals surface area contributed by atoms with Crippen LogP contribution < -0.4 is 20.5 Å². The van der Waals surface area contributed by atoms with E-state index in [1.54, 1.807) is 26.4 Å². The summed E-state index contributed by atoms with van der Waals surface area (Å²) in [5.41, 5.74) is 12.3. The first-order valence-electron chi connectivity index (χ1n) is 19.7. The maximum Gasteiger partial charge on any atom is 0.220 e. The number of carbonyl (C=O) groups is 1. The summed E-state index contributed by atoms with van der Waals surface area (Å²) in [6.45, 7) is 3.43. The molecule has 0 aromatic heterocycles. The van der Waals surface area contributed by atoms with Gasteiger partial charge in [0.05, 0.1) is 14.2 Å². The van der Waals surface area contributed by atoms with Gasteiger partial charge in [-0.2, -0.15) is 0 Å². The van der Waals surface area contributed by atoms with Crippen molar-refractivity contribution in [3.05, 3.63) is 131 Å². The highest BCUT2D eigenvalue weighted by atomic mass is 35.5. The topological polar surface area (TPSA) is 76.8 Å². The molecule has 9 heteroatoms. The first-order chi connectivity index (χ1) is 25.9. The van der Waals surface area contributed by atoms with E-state index in [9.17, 15) is 9.18 Å². The fraction of sp³-hybridized carbons (Fsp3) is 0.457. The fourth-order valence-electron chi connectivity index (χ4n) is 9.15. The van der Waals surface area contributed by atoms with E-state index in [1.165, 1.54) is 60.1 Å². The van der Waals surface area contributed by atoms with E-state index in [1.807, 2.05) is 0 Å². The quantitative estimate of drug-likeness (QED) is 0.104. The second kappa shape index (κ2) is 21.6. The highest BCUT2D eigenvalue weighted by Gasteiger charge is 2.38. The minimum absolute atomic E-state index is 0. The molecular formula is C46H60Cl2FN3O3. The second-order valence-electron chi connectivity index (χ2n) is 15.2. The van der Waals surface area contributed by atoms with Crippen molar-refractivity contribution in [1.29, 1.82) is 0 Å². The predicted molar refractivity (Wildman–Crippen MR) is 226 cm³/mol. The largest absolute Gasteiger partial charge is 0.493 e. The monoisotopic (exact) mass is 791 g/mol.